The number of carbonyl (C=O) groups excluding carboxylic acids is 2. The van der Waals surface area contributed by atoms with Gasteiger partial charge in [-0.2, -0.15) is 0 Å². The summed E-state index contributed by atoms with van der Waals surface area (Å²) in [6.07, 6.45) is 0. The normalized spacial score (nSPS) is 10.9. The Morgan fingerprint density at radius 1 is 1.00 bits per heavy atom. The second-order valence-corrected chi connectivity index (χ2v) is 11.0. The molecule has 11 heteroatoms. The summed E-state index contributed by atoms with van der Waals surface area (Å²) in [5, 5.41) is 3.10. The molecule has 196 valence electrons. The van der Waals surface area contributed by atoms with Gasteiger partial charge in [0.15, 0.2) is 14.8 Å². The van der Waals surface area contributed by atoms with Crippen LogP contribution in [0.15, 0.2) is 88.8 Å². The van der Waals surface area contributed by atoms with Gasteiger partial charge in [0.2, 0.25) is 5.91 Å². The lowest BCUT2D eigenvalue weighted by molar-refractivity contribution is -0.113. The third-order valence-corrected chi connectivity index (χ3v) is 8.18. The quantitative estimate of drug-likeness (QED) is 0.114. The van der Waals surface area contributed by atoms with E-state index < -0.39 is 5.97 Å². The highest BCUT2D eigenvalue weighted by molar-refractivity contribution is 7.99. The van der Waals surface area contributed by atoms with E-state index in [0.717, 1.165) is 23.0 Å². The Hall–Kier alpha value is -4.06. The molecule has 3 aromatic carbocycles. The van der Waals surface area contributed by atoms with Gasteiger partial charge in [-0.05, 0) is 55.0 Å². The molecule has 0 spiro atoms. The van der Waals surface area contributed by atoms with E-state index in [9.17, 15) is 14.4 Å². The number of nitrogens with one attached hydrogen (secondary N) is 1. The molecule has 0 bridgehead atoms. The smallest absolute Gasteiger partial charge is 0.339 e. The van der Waals surface area contributed by atoms with E-state index in [1.54, 1.807) is 28.8 Å². The zero-order valence-corrected chi connectivity index (χ0v) is 23.4. The monoisotopic (exact) mass is 574 g/mol. The minimum Gasteiger partial charge on any atom is -0.465 e. The fraction of sp³-hybridized carbons (Fsp3) is 0.107. The van der Waals surface area contributed by atoms with Gasteiger partial charge in [-0.1, -0.05) is 71.6 Å². The predicted molar refractivity (Wildman–Crippen MR) is 157 cm³/mol. The number of thioether (sulfide) groups is 1. The number of ether oxygens (including phenoxy) is 1. The second-order valence-electron chi connectivity index (χ2n) is 8.39. The molecule has 0 atom stereocenters. The van der Waals surface area contributed by atoms with Gasteiger partial charge in [0.05, 0.1) is 35.5 Å². The predicted octanol–water partition coefficient (Wildman–Crippen LogP) is 5.79. The second kappa shape index (κ2) is 11.4. The number of rotatable bonds is 7. The van der Waals surface area contributed by atoms with Gasteiger partial charge in [-0.3, -0.25) is 18.7 Å². The highest BCUT2D eigenvalue weighted by Gasteiger charge is 2.21. The fourth-order valence-electron chi connectivity index (χ4n) is 4.06. The third kappa shape index (κ3) is 5.29. The van der Waals surface area contributed by atoms with E-state index in [4.69, 9.17) is 21.9 Å². The minimum absolute atomic E-state index is 0.0600. The average Bonchev–Trinajstić information content (AvgIpc) is 3.28. The van der Waals surface area contributed by atoms with Crippen LogP contribution in [0.25, 0.3) is 21.7 Å². The molecule has 5 rings (SSSR count). The molecule has 8 nitrogen and oxygen atoms in total. The summed E-state index contributed by atoms with van der Waals surface area (Å²) in [6.45, 7) is 1.97. The lowest BCUT2D eigenvalue weighted by Gasteiger charge is -2.14. The molecular weight excluding hydrogens is 553 g/mol. The number of aromatic nitrogens is 3. The average molecular weight is 575 g/mol. The SMILES string of the molecule is COC(=O)c1ccccc1NC(=O)CSc1nc2c(sc(=S)n2-c2ccccc2C)c(=O)n1-c1ccccc1. The number of anilines is 1. The van der Waals surface area contributed by atoms with Gasteiger partial charge < -0.3 is 10.1 Å². The molecule has 0 saturated carbocycles. The van der Waals surface area contributed by atoms with Crippen molar-refractivity contribution in [2.24, 2.45) is 0 Å². The molecule has 1 N–H and O–H groups in total. The lowest BCUT2D eigenvalue weighted by Crippen LogP contribution is -2.23. The topological polar surface area (TPSA) is 95.2 Å². The van der Waals surface area contributed by atoms with E-state index in [1.807, 2.05) is 61.5 Å². The number of methoxy groups -OCH3 is 1. The summed E-state index contributed by atoms with van der Waals surface area (Å²) >= 11 is 7.99. The number of carbonyl (C=O) groups is 2. The van der Waals surface area contributed by atoms with Crippen molar-refractivity contribution in [3.05, 3.63) is 104 Å². The lowest BCUT2D eigenvalue weighted by atomic mass is 10.2. The van der Waals surface area contributed by atoms with Gasteiger partial charge in [0, 0.05) is 0 Å². The fourth-order valence-corrected chi connectivity index (χ4v) is 6.15. The Kier molecular flexibility index (Phi) is 7.73. The van der Waals surface area contributed by atoms with Crippen molar-refractivity contribution in [2.75, 3.05) is 18.2 Å². The molecule has 2 aromatic heterocycles. The first-order chi connectivity index (χ1) is 18.9. The van der Waals surface area contributed by atoms with Gasteiger partial charge in [0.1, 0.15) is 4.70 Å². The van der Waals surface area contributed by atoms with Crippen LogP contribution in [0.3, 0.4) is 0 Å². The van der Waals surface area contributed by atoms with Crippen molar-refractivity contribution < 1.29 is 14.3 Å². The highest BCUT2D eigenvalue weighted by atomic mass is 32.2. The van der Waals surface area contributed by atoms with Gasteiger partial charge >= 0.3 is 5.97 Å². The van der Waals surface area contributed by atoms with Crippen LogP contribution in [-0.4, -0.2) is 38.9 Å². The van der Waals surface area contributed by atoms with Gasteiger partial charge in [0.25, 0.3) is 5.56 Å². The number of hydrogen-bond acceptors (Lipinski definition) is 8. The van der Waals surface area contributed by atoms with Crippen molar-refractivity contribution in [2.45, 2.75) is 12.1 Å². The number of hydrogen-bond donors (Lipinski definition) is 1. The van der Waals surface area contributed by atoms with Crippen molar-refractivity contribution in [1.82, 2.24) is 14.1 Å². The van der Waals surface area contributed by atoms with Crippen LogP contribution >= 0.6 is 35.3 Å². The van der Waals surface area contributed by atoms with Crippen LogP contribution in [0.4, 0.5) is 5.69 Å². The first kappa shape index (κ1) is 26.5. The van der Waals surface area contributed by atoms with E-state index in [2.05, 4.69) is 5.32 Å². The molecular formula is C28H22N4O4S3. The molecule has 0 aliphatic rings. The van der Waals surface area contributed by atoms with E-state index in [-0.39, 0.29) is 22.8 Å². The molecule has 0 saturated heterocycles. The van der Waals surface area contributed by atoms with E-state index in [1.165, 1.54) is 23.0 Å². The minimum atomic E-state index is -0.554. The number of esters is 1. The van der Waals surface area contributed by atoms with Crippen LogP contribution in [-0.2, 0) is 9.53 Å². The summed E-state index contributed by atoms with van der Waals surface area (Å²) in [7, 11) is 1.28. The summed E-state index contributed by atoms with van der Waals surface area (Å²) < 4.78 is 9.04. The van der Waals surface area contributed by atoms with Crippen LogP contribution in [0.2, 0.25) is 0 Å². The molecule has 1 amide bonds. The Morgan fingerprint density at radius 2 is 1.69 bits per heavy atom. The molecule has 0 aliphatic heterocycles. The van der Waals surface area contributed by atoms with Crippen molar-refractivity contribution >= 4 is 63.2 Å². The zero-order chi connectivity index (χ0) is 27.5. The maximum Gasteiger partial charge on any atom is 0.339 e. The molecule has 0 radical (unpaired) electrons. The van der Waals surface area contributed by atoms with Crippen LogP contribution in [0.5, 0.6) is 0 Å². The van der Waals surface area contributed by atoms with Gasteiger partial charge in [-0.25, -0.2) is 9.78 Å². The first-order valence-electron chi connectivity index (χ1n) is 11.8. The molecule has 0 fully saturated rings. The van der Waals surface area contributed by atoms with Crippen LogP contribution < -0.4 is 10.9 Å². The number of amides is 1. The Bertz CT molecular complexity index is 1830. The standard InChI is InChI=1S/C28H22N4O4S3/c1-17-10-6-9-15-21(17)32-24-23(39-28(32)37)25(34)31(18-11-4-3-5-12-18)27(30-24)38-16-22(33)29-20-14-8-7-13-19(20)26(35)36-2/h3-15H,16H2,1-2H3,(H,29,33). The third-order valence-electron chi connectivity index (χ3n) is 5.89. The Balaban J connectivity index is 1.57. The number of benzene rings is 3. The van der Waals surface area contributed by atoms with Crippen LogP contribution in [0, 0.1) is 10.9 Å². The van der Waals surface area contributed by atoms with Crippen LogP contribution in [0.1, 0.15) is 15.9 Å². The summed E-state index contributed by atoms with van der Waals surface area (Å²) in [4.78, 5) is 43.8. The van der Waals surface area contributed by atoms with Crippen molar-refractivity contribution in [3.8, 4) is 11.4 Å². The molecule has 0 unspecified atom stereocenters. The summed E-state index contributed by atoms with van der Waals surface area (Å²) in [5.41, 5.74) is 3.20. The molecule has 5 aromatic rings. The number of fused-ring (bicyclic) bond motifs is 1. The Morgan fingerprint density at radius 3 is 2.44 bits per heavy atom. The van der Waals surface area contributed by atoms with Gasteiger partial charge in [-0.15, -0.1) is 0 Å². The zero-order valence-electron chi connectivity index (χ0n) is 20.9. The number of thiazole rings is 1. The summed E-state index contributed by atoms with van der Waals surface area (Å²) in [5.74, 6) is -0.983. The molecule has 39 heavy (non-hydrogen) atoms. The molecule has 2 heterocycles. The molecule has 0 aliphatic carbocycles. The summed E-state index contributed by atoms with van der Waals surface area (Å²) in [6, 6.07) is 23.5. The number of para-hydroxylation sites is 3. The maximum absolute atomic E-state index is 13.8. The van der Waals surface area contributed by atoms with E-state index in [0.29, 0.717) is 30.8 Å². The van der Waals surface area contributed by atoms with Crippen molar-refractivity contribution in [1.29, 1.82) is 0 Å². The van der Waals surface area contributed by atoms with E-state index >= 15 is 0 Å². The number of nitrogens with zero attached hydrogens (tertiary/aromatic N) is 3. The largest absolute Gasteiger partial charge is 0.465 e. The van der Waals surface area contributed by atoms with Crippen molar-refractivity contribution in [3.63, 3.8) is 0 Å². The maximum atomic E-state index is 13.8. The first-order valence-corrected chi connectivity index (χ1v) is 14.0. The number of aryl methyl sites for hydroxylation is 1. The Labute approximate surface area is 236 Å². The highest BCUT2D eigenvalue weighted by Crippen LogP contribution is 2.28.